The van der Waals surface area contributed by atoms with E-state index in [2.05, 4.69) is 14.5 Å². The highest BCUT2D eigenvalue weighted by atomic mass is 32.1. The van der Waals surface area contributed by atoms with E-state index < -0.39 is 5.97 Å². The fourth-order valence-electron chi connectivity index (χ4n) is 0.792. The van der Waals surface area contributed by atoms with Crippen molar-refractivity contribution in [2.45, 2.75) is 6.92 Å². The highest BCUT2D eigenvalue weighted by molar-refractivity contribution is 7.13. The molecule has 14 heavy (non-hydrogen) atoms. The van der Waals surface area contributed by atoms with Gasteiger partial charge in [-0.2, -0.15) is 4.79 Å². The van der Waals surface area contributed by atoms with Gasteiger partial charge >= 0.3 is 11.7 Å². The van der Waals surface area contributed by atoms with Gasteiger partial charge in [-0.15, -0.1) is 11.3 Å². The van der Waals surface area contributed by atoms with E-state index in [-0.39, 0.29) is 18.0 Å². The molecule has 0 fully saturated rings. The Kier molecular flexibility index (Phi) is 3.33. The Morgan fingerprint density at radius 1 is 1.86 bits per heavy atom. The van der Waals surface area contributed by atoms with Gasteiger partial charge in [0.05, 0.1) is 6.61 Å². The molecule has 1 aromatic heterocycles. The first-order valence-corrected chi connectivity index (χ1v) is 4.67. The van der Waals surface area contributed by atoms with Crippen LogP contribution in [-0.2, 0) is 9.53 Å². The second-order valence-electron chi connectivity index (χ2n) is 2.24. The predicted octanol–water partition coefficient (Wildman–Crippen LogP) is 0.307. The quantitative estimate of drug-likeness (QED) is 0.337. The molecule has 74 valence electrons. The number of carbonyl (C=O) groups is 1. The van der Waals surface area contributed by atoms with E-state index in [0.29, 0.717) is 5.13 Å². The number of thiazole rings is 1. The molecule has 0 atom stereocenters. The van der Waals surface area contributed by atoms with Crippen molar-refractivity contribution in [3.8, 4) is 0 Å². The lowest BCUT2D eigenvalue weighted by atomic mass is 10.3. The molecule has 0 unspecified atom stereocenters. The van der Waals surface area contributed by atoms with Gasteiger partial charge in [-0.3, -0.25) is 0 Å². The molecule has 6 nitrogen and oxygen atoms in total. The zero-order valence-corrected chi connectivity index (χ0v) is 8.24. The lowest BCUT2D eigenvalue weighted by molar-refractivity contribution is -0.139. The predicted molar refractivity (Wildman–Crippen MR) is 50.9 cm³/mol. The number of anilines is 1. The van der Waals surface area contributed by atoms with E-state index in [0.717, 1.165) is 11.3 Å². The van der Waals surface area contributed by atoms with E-state index in [1.165, 1.54) is 5.38 Å². The number of rotatable bonds is 3. The summed E-state index contributed by atoms with van der Waals surface area (Å²) in [7, 11) is 0. The molecular formula is C7H8N4O2S. The molecule has 0 radical (unpaired) electrons. The van der Waals surface area contributed by atoms with Crippen molar-refractivity contribution in [1.29, 1.82) is 0 Å². The Morgan fingerprint density at radius 3 is 3.00 bits per heavy atom. The number of hydrogen-bond donors (Lipinski definition) is 1. The molecule has 0 aliphatic heterocycles. The summed E-state index contributed by atoms with van der Waals surface area (Å²) in [4.78, 5) is 17.8. The molecule has 1 heterocycles. The third kappa shape index (κ3) is 2.15. The van der Waals surface area contributed by atoms with E-state index in [1.807, 2.05) is 0 Å². The zero-order valence-electron chi connectivity index (χ0n) is 7.43. The summed E-state index contributed by atoms with van der Waals surface area (Å²) in [5.74, 6) is -0.722. The molecule has 0 aliphatic rings. The maximum absolute atomic E-state index is 11.2. The minimum Gasteiger partial charge on any atom is -0.457 e. The second kappa shape index (κ2) is 4.50. The molecule has 1 rings (SSSR count). The van der Waals surface area contributed by atoms with Gasteiger partial charge in [-0.1, -0.05) is 0 Å². The fourth-order valence-corrected chi connectivity index (χ4v) is 1.34. The first-order valence-electron chi connectivity index (χ1n) is 3.79. The molecule has 0 saturated heterocycles. The van der Waals surface area contributed by atoms with Crippen molar-refractivity contribution in [1.82, 2.24) is 4.98 Å². The van der Waals surface area contributed by atoms with Crippen molar-refractivity contribution in [3.63, 3.8) is 0 Å². The fraction of sp³-hybridized carbons (Fsp3) is 0.286. The number of nitrogen functional groups attached to an aromatic ring is 1. The van der Waals surface area contributed by atoms with Crippen LogP contribution in [0.1, 0.15) is 12.6 Å². The molecule has 0 aliphatic carbocycles. The smallest absolute Gasteiger partial charge is 0.425 e. The first-order chi connectivity index (χ1) is 6.69. The van der Waals surface area contributed by atoms with Gasteiger partial charge in [0.15, 0.2) is 10.8 Å². The van der Waals surface area contributed by atoms with Gasteiger partial charge in [0, 0.05) is 5.38 Å². The number of ether oxygens (including phenoxy) is 1. The van der Waals surface area contributed by atoms with Crippen molar-refractivity contribution >= 4 is 28.1 Å². The third-order valence-electron chi connectivity index (χ3n) is 1.33. The van der Waals surface area contributed by atoms with Crippen LogP contribution in [0.2, 0.25) is 0 Å². The van der Waals surface area contributed by atoms with E-state index in [9.17, 15) is 4.79 Å². The number of hydrogen-bond acceptors (Lipinski definition) is 5. The highest BCUT2D eigenvalue weighted by Crippen LogP contribution is 2.11. The van der Waals surface area contributed by atoms with Gasteiger partial charge in [0.25, 0.3) is 0 Å². The number of aromatic nitrogens is 1. The van der Waals surface area contributed by atoms with Gasteiger partial charge in [-0.05, 0) is 6.92 Å². The molecule has 0 bridgehead atoms. The summed E-state index contributed by atoms with van der Waals surface area (Å²) in [6.45, 7) is 1.86. The summed E-state index contributed by atoms with van der Waals surface area (Å²) in [6, 6.07) is 0. The molecule has 2 N–H and O–H groups in total. The Labute approximate surface area is 83.9 Å². The van der Waals surface area contributed by atoms with Crippen LogP contribution in [-0.4, -0.2) is 28.1 Å². The Bertz CT molecular complexity index is 394. The number of carbonyl (C=O) groups excluding carboxylic acids is 1. The van der Waals surface area contributed by atoms with Crippen LogP contribution in [0.15, 0.2) is 5.38 Å². The molecule has 0 aromatic carbocycles. The van der Waals surface area contributed by atoms with E-state index in [4.69, 9.17) is 11.3 Å². The third-order valence-corrected chi connectivity index (χ3v) is 2.01. The van der Waals surface area contributed by atoms with Crippen LogP contribution in [0.5, 0.6) is 0 Å². The molecule has 7 heteroatoms. The van der Waals surface area contributed by atoms with Crippen LogP contribution >= 0.6 is 11.3 Å². The average Bonchev–Trinajstić information content (AvgIpc) is 2.54. The van der Waals surface area contributed by atoms with Crippen LogP contribution < -0.4 is 5.73 Å². The lowest BCUT2D eigenvalue weighted by Gasteiger charge is -1.93. The summed E-state index contributed by atoms with van der Waals surface area (Å²) in [6.07, 6.45) is 0. The van der Waals surface area contributed by atoms with Crippen LogP contribution in [0.25, 0.3) is 5.53 Å². The van der Waals surface area contributed by atoms with Gasteiger partial charge in [0.1, 0.15) is 0 Å². The van der Waals surface area contributed by atoms with Crippen LogP contribution in [0.3, 0.4) is 0 Å². The van der Waals surface area contributed by atoms with Gasteiger partial charge < -0.3 is 16.0 Å². The standard InChI is InChI=1S/C7H8N4O2S/c1-2-13-6(12)5(11-9)4-3-14-7(8)10-4/h3H,2H2,1H3,(H2,8,10). The Balaban J connectivity index is 2.94. The average molecular weight is 212 g/mol. The normalized spacial score (nSPS) is 9.21. The molecule has 0 amide bonds. The Hall–Kier alpha value is -1.72. The molecule has 1 aromatic rings. The zero-order chi connectivity index (χ0) is 10.6. The summed E-state index contributed by atoms with van der Waals surface area (Å²) in [5.41, 5.74) is 13.9. The molecule has 0 spiro atoms. The Morgan fingerprint density at radius 2 is 2.57 bits per heavy atom. The second-order valence-corrected chi connectivity index (χ2v) is 3.13. The maximum atomic E-state index is 11.2. The van der Waals surface area contributed by atoms with Gasteiger partial charge in [0.2, 0.25) is 0 Å². The van der Waals surface area contributed by atoms with Crippen molar-refractivity contribution < 1.29 is 14.3 Å². The number of nitrogens with two attached hydrogens (primary N) is 1. The van der Waals surface area contributed by atoms with Crippen LogP contribution in [0.4, 0.5) is 5.13 Å². The van der Waals surface area contributed by atoms with Crippen molar-refractivity contribution in [2.24, 2.45) is 0 Å². The lowest BCUT2D eigenvalue weighted by Crippen LogP contribution is -2.20. The summed E-state index contributed by atoms with van der Waals surface area (Å²) >= 11 is 1.15. The van der Waals surface area contributed by atoms with E-state index in [1.54, 1.807) is 6.92 Å². The first kappa shape index (κ1) is 10.4. The SMILES string of the molecule is CCOC(=O)C(=[N+]=[N-])c1csc(N)n1. The van der Waals surface area contributed by atoms with Crippen LogP contribution in [0, 0.1) is 0 Å². The summed E-state index contributed by atoms with van der Waals surface area (Å²) in [5, 5.41) is 1.81. The topological polar surface area (TPSA) is 102 Å². The minimum atomic E-state index is -0.722. The number of nitrogens with zero attached hydrogens (tertiary/aromatic N) is 3. The monoisotopic (exact) mass is 212 g/mol. The minimum absolute atomic E-state index is 0.206. The number of esters is 1. The van der Waals surface area contributed by atoms with Crippen molar-refractivity contribution in [2.75, 3.05) is 12.3 Å². The maximum Gasteiger partial charge on any atom is 0.425 e. The largest absolute Gasteiger partial charge is 0.457 e. The highest BCUT2D eigenvalue weighted by Gasteiger charge is 2.26. The van der Waals surface area contributed by atoms with Crippen molar-refractivity contribution in [3.05, 3.63) is 16.6 Å². The summed E-state index contributed by atoms with van der Waals surface area (Å²) < 4.78 is 4.65. The van der Waals surface area contributed by atoms with E-state index >= 15 is 0 Å². The molecule has 0 saturated carbocycles. The van der Waals surface area contributed by atoms with Gasteiger partial charge in [-0.25, -0.2) is 9.78 Å². The molecular weight excluding hydrogens is 204 g/mol.